The van der Waals surface area contributed by atoms with Crippen LogP contribution in [0.4, 0.5) is 0 Å². The highest BCUT2D eigenvalue weighted by Gasteiger charge is 2.45. The molecule has 18 heteroatoms. The quantitative estimate of drug-likeness (QED) is 0.0249. The lowest BCUT2D eigenvalue weighted by molar-refractivity contribution is -0.0280. The molecule has 6 fully saturated rings. The Morgan fingerprint density at radius 1 is 0.292 bits per heavy atom. The van der Waals surface area contributed by atoms with E-state index in [4.69, 9.17) is 124 Å². The SMILES string of the molecule is [2H]c1c([2H])c(C(C2(O)CCCCC2)C([2H])([2H])N(C)C)c([2H])c([2H])c1OC([2H])([2H])[2H].[2H]c1c([2H])c(C(CN(C([2H])([2H])[2H])C([2H])([2H])[2H])C2(O)CCCCC2)c([2H])c([2H])c1OC([2H])([2H])[2H].[2H]c1c([2H])c(C(CN(C)C([2H])([2H])[2H])C2(O)CCCCC2)c([2H])c([2H])c1OC([2H])([2H])[2H].[2H]c1c([2H])c(C(CN(C)C)C2(O)CCCCC2)c([2H])c([2H])c1OC([2H])([2H])[2H].[2H]c1c([2H])c(C([2H])(C([2H])([2H])N(C([2H])([2H])[2H])C([2H])([2H])[2H])C2(O)C([2H])([2H])C([2H])([2H])C([2H])([2H])C([2H])([2H])C2([2H])[2H])c([2H])c([2H])c1OC.[2H]c1c([2H])c(C([2H])(C([2H])([2H])N(C)C([2H])([2H])[2H])C2(O)C([2H])([2H])C([2H])([2H])C([2H])([2H])C([2H])([2H])C2([2H])[2H])c([2H])c([2H])c1OC. The molecule has 6 atom stereocenters. The zero-order chi connectivity index (χ0) is 159. The van der Waals surface area contributed by atoms with Crippen LogP contribution in [-0.4, -0.2) is 259 Å². The summed E-state index contributed by atoms with van der Waals surface area (Å²) in [6.07, 6.45) is -32.9. The average Bonchev–Trinajstić information content (AvgIpc) is 0.622. The molecule has 0 spiro atoms. The Bertz CT molecular complexity index is 7580. The molecule has 6 saturated carbocycles. The topological polar surface area (TPSA) is 196 Å². The molecule has 0 amide bonds. The fourth-order valence-electron chi connectivity index (χ4n) is 14.1. The molecule has 0 aliphatic heterocycles. The van der Waals surface area contributed by atoms with Gasteiger partial charge < -0.3 is 88.5 Å². The predicted octanol–water partition coefficient (Wildman–Crippen LogP) is 18.2. The van der Waals surface area contributed by atoms with Gasteiger partial charge >= 0.3 is 0 Å². The minimum Gasteiger partial charge on any atom is -0.497 e. The van der Waals surface area contributed by atoms with Crippen molar-refractivity contribution < 1.29 is 171 Å². The first kappa shape index (κ1) is 35.5. The van der Waals surface area contributed by atoms with Gasteiger partial charge in [0.05, 0.1) is 125 Å². The van der Waals surface area contributed by atoms with Crippen LogP contribution in [0.15, 0.2) is 145 Å². The van der Waals surface area contributed by atoms with Gasteiger partial charge in [0.2, 0.25) is 0 Å². The normalized spacial score (nSPS) is 35.9. The van der Waals surface area contributed by atoms with Gasteiger partial charge in [-0.15, -0.1) is 0 Å². The molecule has 0 saturated heterocycles. The van der Waals surface area contributed by atoms with Crippen LogP contribution < -0.4 is 28.4 Å². The van der Waals surface area contributed by atoms with Crippen molar-refractivity contribution in [3.05, 3.63) is 178 Å². The van der Waals surface area contributed by atoms with Crippen molar-refractivity contribution in [1.29, 1.82) is 0 Å². The summed E-state index contributed by atoms with van der Waals surface area (Å²) in [6, 6.07) is -21.1. The maximum atomic E-state index is 12.1. The van der Waals surface area contributed by atoms with Crippen LogP contribution in [0.3, 0.4) is 0 Å². The van der Waals surface area contributed by atoms with Crippen molar-refractivity contribution in [2.24, 2.45) is 0 Å². The van der Waals surface area contributed by atoms with Crippen molar-refractivity contribution in [2.75, 3.05) is 166 Å². The van der Waals surface area contributed by atoms with Crippen molar-refractivity contribution in [3.63, 3.8) is 0 Å². The van der Waals surface area contributed by atoms with Gasteiger partial charge in [0.25, 0.3) is 0 Å². The number of ether oxygens (including phenoxy) is 6. The van der Waals surface area contributed by atoms with E-state index in [-0.39, 0.29) is 76.4 Å². The zero-order valence-corrected chi connectivity index (χ0v) is 67.9. The van der Waals surface area contributed by atoms with Crippen LogP contribution in [-0.2, 0) is 0 Å². The van der Waals surface area contributed by atoms with Crippen molar-refractivity contribution in [2.45, 2.75) is 261 Å². The molecule has 12 rings (SSSR count). The van der Waals surface area contributed by atoms with E-state index >= 15 is 0 Å². The van der Waals surface area contributed by atoms with E-state index in [1.807, 2.05) is 19.0 Å². The minimum atomic E-state index is -5.11. The molecule has 6 N–H and O–H groups in total. The molecule has 6 aromatic carbocycles. The number of rotatable bonds is 30. The number of hydrogen-bond donors (Lipinski definition) is 6. The molecule has 672 valence electrons. The molecule has 120 heavy (non-hydrogen) atoms. The Morgan fingerprint density at radius 2 is 0.533 bits per heavy atom. The molecule has 6 aliphatic rings. The highest BCUT2D eigenvalue weighted by atomic mass is 16.5. The Kier molecular flexibility index (Phi) is 14.8. The molecule has 6 aromatic rings. The fraction of sp³-hybridized carbons (Fsp3) is 0.647. The third-order valence-electron chi connectivity index (χ3n) is 19.9. The van der Waals surface area contributed by atoms with Gasteiger partial charge in [-0.1, -0.05) is 188 Å². The lowest BCUT2D eigenvalue weighted by Crippen LogP contribution is -2.42. The standard InChI is InChI=1S/6C17H27NO2/c6*1-18(2)13-16(17(19)11-5-4-6-12-17)14-7-9-15(20-3)10-8-14/h6*7-10,16,19H,4-6,11-13H2,1-3H3/i1D3,2D3,4D2,5D2,6D2,7D,8D,9D,10D,11D2,12D2,13D2,16D;1D3,4D2,5D2,6D2,7D,8D,9D,10D,11D2,12D2,13D2,16D;1D3,2D3,3D3,7D,8D,9D,10D;3D3,7D,8D,9D,10D,13D2;1D3,3D3,7D,8D,9D,10D;3D3,7D,8D,9D,10D. The largest absolute Gasteiger partial charge is 0.497 e. The first-order valence-corrected chi connectivity index (χ1v) is 38.0. The summed E-state index contributed by atoms with van der Waals surface area (Å²) in [6.45, 7) is -32.5. The Labute approximate surface area is 841 Å². The second-order valence-electron chi connectivity index (χ2n) is 29.3. The van der Waals surface area contributed by atoms with E-state index in [1.54, 1.807) is 0 Å². The zero-order valence-electron chi connectivity index (χ0n) is 150. The molecule has 0 aromatic heterocycles. The first-order valence-electron chi connectivity index (χ1n) is 79.0. The summed E-state index contributed by atoms with van der Waals surface area (Å²) in [4.78, 5) is 2.91. The van der Waals surface area contributed by atoms with Crippen molar-refractivity contribution in [1.82, 2.24) is 29.4 Å². The number of aliphatic hydroxyl groups is 6. The summed E-state index contributed by atoms with van der Waals surface area (Å²) >= 11 is 0. The van der Waals surface area contributed by atoms with E-state index < -0.39 is 412 Å². The molecule has 6 aliphatic carbocycles. The fourth-order valence-corrected chi connectivity index (χ4v) is 14.1. The van der Waals surface area contributed by atoms with Crippen LogP contribution in [0.25, 0.3) is 0 Å². The molecule has 0 radical (unpaired) electrons. The van der Waals surface area contributed by atoms with Gasteiger partial charge in [-0.3, -0.25) is 0 Å². The molecular weight excluding hydrogens is 1500 g/mol. The van der Waals surface area contributed by atoms with E-state index in [9.17, 15) is 33.4 Å². The van der Waals surface area contributed by atoms with E-state index in [1.165, 1.54) is 26.0 Å². The van der Waals surface area contributed by atoms with Crippen LogP contribution in [0.5, 0.6) is 34.5 Å². The van der Waals surface area contributed by atoms with Crippen LogP contribution in [0, 0.1) is 0 Å². The number of likely N-dealkylation sites (N-methyl/N-ethyl adjacent to an activating group) is 6. The Hall–Kier alpha value is -6.36. The van der Waals surface area contributed by atoms with Crippen molar-refractivity contribution >= 4 is 0 Å². The van der Waals surface area contributed by atoms with Gasteiger partial charge in [0, 0.05) is 138 Å². The van der Waals surface area contributed by atoms with Crippen LogP contribution in [0.2, 0.25) is 0 Å². The van der Waals surface area contributed by atoms with Crippen LogP contribution in [0.1, 0.15) is 373 Å². The monoisotopic (exact) mass is 1750 g/mol. The summed E-state index contributed by atoms with van der Waals surface area (Å²) < 4.78 is 688. The maximum absolute atomic E-state index is 12.1. The molecule has 0 heterocycles. The Morgan fingerprint density at radius 3 is 0.792 bits per heavy atom. The molecule has 0 bridgehead atoms. The van der Waals surface area contributed by atoms with Crippen molar-refractivity contribution in [3.8, 4) is 34.5 Å². The third kappa shape index (κ3) is 31.1. The van der Waals surface area contributed by atoms with E-state index in [0.29, 0.717) is 77.8 Å². The van der Waals surface area contributed by atoms with E-state index in [2.05, 4.69) is 14.2 Å². The smallest absolute Gasteiger partial charge is 0.118 e. The summed E-state index contributed by atoms with van der Waals surface area (Å²) in [5.74, 6) is -18.3. The Balaban J connectivity index is 0.000000324. The second-order valence-corrected chi connectivity index (χ2v) is 29.3. The number of hydrogen-bond acceptors (Lipinski definition) is 18. The highest BCUT2D eigenvalue weighted by Crippen LogP contribution is 2.47. The third-order valence-corrected chi connectivity index (χ3v) is 19.9. The molecular formula is C102H162N6O12. The number of methoxy groups -OCH3 is 6. The summed E-state index contributed by atoms with van der Waals surface area (Å²) in [5.41, 5.74) is -20.0. The minimum absolute atomic E-state index is 0.112. The first-order chi connectivity index (χ1) is 89.8. The lowest BCUT2D eigenvalue weighted by Gasteiger charge is -2.40. The predicted molar refractivity (Wildman–Crippen MR) is 494 cm³/mol. The molecule has 6 unspecified atom stereocenters. The maximum Gasteiger partial charge on any atom is 0.118 e. The van der Waals surface area contributed by atoms with Gasteiger partial charge in [-0.05, 0) is 267 Å². The summed E-state index contributed by atoms with van der Waals surface area (Å²) in [5, 5.41) is 69.7. The van der Waals surface area contributed by atoms with Gasteiger partial charge in [0.15, 0.2) is 0 Å². The lowest BCUT2D eigenvalue weighted by atomic mass is 9.72. The highest BCUT2D eigenvalue weighted by molar-refractivity contribution is 5.37. The van der Waals surface area contributed by atoms with E-state index in [0.717, 1.165) is 57.6 Å². The van der Waals surface area contributed by atoms with Crippen LogP contribution >= 0.6 is 0 Å². The van der Waals surface area contributed by atoms with Gasteiger partial charge in [-0.25, -0.2) is 0 Å². The van der Waals surface area contributed by atoms with Gasteiger partial charge in [-0.2, -0.15) is 0 Å². The second kappa shape index (κ2) is 50.0. The number of benzene rings is 6. The summed E-state index contributed by atoms with van der Waals surface area (Å²) in [7, 11) is -1.70. The average molecular weight is 1750 g/mol. The van der Waals surface area contributed by atoms with Gasteiger partial charge in [0.1, 0.15) is 34.5 Å². The molecule has 18 nitrogen and oxygen atoms in total. The number of nitrogens with zero attached hydrogens (tertiary/aromatic N) is 6.